The second-order valence-corrected chi connectivity index (χ2v) is 4.98. The molecule has 0 amide bonds. The van der Waals surface area contributed by atoms with Crippen LogP contribution in [0.1, 0.15) is 29.7 Å². The molecule has 0 aromatic heterocycles. The monoisotopic (exact) mass is 273 g/mol. The van der Waals surface area contributed by atoms with E-state index >= 15 is 0 Å². The minimum absolute atomic E-state index is 0.0697. The van der Waals surface area contributed by atoms with Crippen LogP contribution in [0.2, 0.25) is 0 Å². The molecule has 0 spiro atoms. The third kappa shape index (κ3) is 3.58. The van der Waals surface area contributed by atoms with Crippen molar-refractivity contribution in [1.82, 2.24) is 5.32 Å². The number of aromatic hydroxyl groups is 1. The summed E-state index contributed by atoms with van der Waals surface area (Å²) in [6, 6.07) is 12.1. The van der Waals surface area contributed by atoms with Crippen molar-refractivity contribution in [3.8, 4) is 5.75 Å². The molecule has 0 fully saturated rings. The van der Waals surface area contributed by atoms with E-state index in [1.54, 1.807) is 18.2 Å². The van der Waals surface area contributed by atoms with Crippen LogP contribution in [0, 0.1) is 12.7 Å². The lowest BCUT2D eigenvalue weighted by Gasteiger charge is -2.20. The van der Waals surface area contributed by atoms with Gasteiger partial charge in [0, 0.05) is 6.04 Å². The Bertz CT molecular complexity index is 566. The molecule has 20 heavy (non-hydrogen) atoms. The molecule has 106 valence electrons. The van der Waals surface area contributed by atoms with Crippen LogP contribution >= 0.6 is 0 Å². The molecule has 2 rings (SSSR count). The number of nitrogens with one attached hydrogen (secondary N) is 1. The maximum atomic E-state index is 13.5. The van der Waals surface area contributed by atoms with Crippen molar-refractivity contribution < 1.29 is 9.50 Å². The van der Waals surface area contributed by atoms with E-state index in [0.29, 0.717) is 0 Å². The van der Waals surface area contributed by atoms with Gasteiger partial charge in [0.1, 0.15) is 11.6 Å². The summed E-state index contributed by atoms with van der Waals surface area (Å²) in [5.41, 5.74) is 3.17. The fourth-order valence-electron chi connectivity index (χ4n) is 2.39. The molecule has 0 aliphatic carbocycles. The van der Waals surface area contributed by atoms with Gasteiger partial charge in [0.25, 0.3) is 0 Å². The van der Waals surface area contributed by atoms with Crippen LogP contribution in [-0.4, -0.2) is 11.7 Å². The van der Waals surface area contributed by atoms with Gasteiger partial charge in [0.15, 0.2) is 0 Å². The van der Waals surface area contributed by atoms with Crippen LogP contribution in [0.15, 0.2) is 42.5 Å². The predicted octanol–water partition coefficient (Wildman–Crippen LogP) is 3.73. The Kier molecular flexibility index (Phi) is 4.74. The molecular weight excluding hydrogens is 253 g/mol. The molecule has 0 radical (unpaired) electrons. The van der Waals surface area contributed by atoms with Crippen molar-refractivity contribution in [2.24, 2.45) is 0 Å². The van der Waals surface area contributed by atoms with Crippen LogP contribution in [-0.2, 0) is 6.42 Å². The highest BCUT2D eigenvalue weighted by atomic mass is 19.1. The highest BCUT2D eigenvalue weighted by Crippen LogP contribution is 2.23. The van der Waals surface area contributed by atoms with Crippen molar-refractivity contribution in [3.05, 3.63) is 65.0 Å². The number of halogens is 1. The largest absolute Gasteiger partial charge is 0.508 e. The molecule has 0 saturated carbocycles. The lowest BCUT2D eigenvalue weighted by molar-refractivity contribution is 0.474. The lowest BCUT2D eigenvalue weighted by Crippen LogP contribution is -2.23. The summed E-state index contributed by atoms with van der Waals surface area (Å²) in [6.07, 6.45) is 0.762. The summed E-state index contributed by atoms with van der Waals surface area (Å²) < 4.78 is 13.5. The zero-order valence-electron chi connectivity index (χ0n) is 11.9. The Morgan fingerprint density at radius 2 is 1.85 bits per heavy atom. The fraction of sp³-hybridized carbons (Fsp3) is 0.294. The van der Waals surface area contributed by atoms with Crippen molar-refractivity contribution in [2.45, 2.75) is 26.3 Å². The van der Waals surface area contributed by atoms with Gasteiger partial charge in [0.05, 0.1) is 0 Å². The summed E-state index contributed by atoms with van der Waals surface area (Å²) in [5, 5.41) is 12.7. The van der Waals surface area contributed by atoms with E-state index in [0.717, 1.165) is 29.7 Å². The molecule has 0 saturated heterocycles. The van der Waals surface area contributed by atoms with E-state index in [9.17, 15) is 9.50 Å². The van der Waals surface area contributed by atoms with Crippen molar-refractivity contribution >= 4 is 0 Å². The molecule has 1 unspecified atom stereocenters. The Morgan fingerprint density at radius 3 is 2.50 bits per heavy atom. The summed E-state index contributed by atoms with van der Waals surface area (Å²) in [6.45, 7) is 4.85. The van der Waals surface area contributed by atoms with Gasteiger partial charge in [-0.15, -0.1) is 0 Å². The van der Waals surface area contributed by atoms with Crippen LogP contribution < -0.4 is 5.32 Å². The number of hydrogen-bond acceptors (Lipinski definition) is 2. The molecule has 3 heteroatoms. The van der Waals surface area contributed by atoms with E-state index in [2.05, 4.69) is 5.32 Å². The van der Waals surface area contributed by atoms with Gasteiger partial charge in [-0.2, -0.15) is 0 Å². The van der Waals surface area contributed by atoms with Crippen molar-refractivity contribution in [3.63, 3.8) is 0 Å². The summed E-state index contributed by atoms with van der Waals surface area (Å²) in [4.78, 5) is 0. The molecule has 0 aliphatic heterocycles. The summed E-state index contributed by atoms with van der Waals surface area (Å²) >= 11 is 0. The van der Waals surface area contributed by atoms with Crippen molar-refractivity contribution in [1.29, 1.82) is 0 Å². The Labute approximate surface area is 119 Å². The number of benzene rings is 2. The number of likely N-dealkylation sites (N-methyl/N-ethyl adjacent to an activating group) is 1. The second kappa shape index (κ2) is 6.53. The number of rotatable bonds is 5. The van der Waals surface area contributed by atoms with Crippen LogP contribution in [0.3, 0.4) is 0 Å². The lowest BCUT2D eigenvalue weighted by atomic mass is 9.95. The first kappa shape index (κ1) is 14.5. The standard InChI is InChI=1S/C17H20FNO/c1-3-19-17(10-13-5-8-15(20)9-6-13)16-11-14(18)7-4-12(16)2/h4-9,11,17,19-20H,3,10H2,1-2H3. The molecule has 2 nitrogen and oxygen atoms in total. The van der Waals surface area contributed by atoms with E-state index in [1.807, 2.05) is 32.0 Å². The van der Waals surface area contributed by atoms with E-state index in [4.69, 9.17) is 0 Å². The van der Waals surface area contributed by atoms with Crippen LogP contribution in [0.5, 0.6) is 5.75 Å². The smallest absolute Gasteiger partial charge is 0.123 e. The van der Waals surface area contributed by atoms with E-state index < -0.39 is 0 Å². The van der Waals surface area contributed by atoms with Gasteiger partial charge in [-0.3, -0.25) is 0 Å². The topological polar surface area (TPSA) is 32.3 Å². The van der Waals surface area contributed by atoms with E-state index in [-0.39, 0.29) is 17.6 Å². The molecule has 0 aliphatic rings. The van der Waals surface area contributed by atoms with Crippen LogP contribution in [0.4, 0.5) is 4.39 Å². The summed E-state index contributed by atoms with van der Waals surface area (Å²) in [7, 11) is 0. The highest BCUT2D eigenvalue weighted by Gasteiger charge is 2.14. The zero-order valence-corrected chi connectivity index (χ0v) is 11.9. The maximum Gasteiger partial charge on any atom is 0.123 e. The van der Waals surface area contributed by atoms with Gasteiger partial charge in [-0.1, -0.05) is 25.1 Å². The summed E-state index contributed by atoms with van der Waals surface area (Å²) in [5.74, 6) is 0.0508. The first-order valence-corrected chi connectivity index (χ1v) is 6.87. The number of phenolic OH excluding ortho intramolecular Hbond substituents is 1. The SMILES string of the molecule is CCNC(Cc1ccc(O)cc1)c1cc(F)ccc1C. The van der Waals surface area contributed by atoms with Gasteiger partial charge < -0.3 is 10.4 Å². The van der Waals surface area contributed by atoms with Gasteiger partial charge in [-0.25, -0.2) is 4.39 Å². The average Bonchev–Trinajstić information content (AvgIpc) is 2.43. The normalized spacial score (nSPS) is 12.3. The minimum atomic E-state index is -0.209. The zero-order chi connectivity index (χ0) is 14.5. The average molecular weight is 273 g/mol. The first-order valence-electron chi connectivity index (χ1n) is 6.87. The third-order valence-electron chi connectivity index (χ3n) is 3.44. The number of hydrogen-bond donors (Lipinski definition) is 2. The maximum absolute atomic E-state index is 13.5. The molecule has 2 aromatic carbocycles. The Balaban J connectivity index is 2.26. The van der Waals surface area contributed by atoms with Gasteiger partial charge in [0.2, 0.25) is 0 Å². The molecule has 1 atom stereocenters. The Hall–Kier alpha value is -1.87. The fourth-order valence-corrected chi connectivity index (χ4v) is 2.39. The highest BCUT2D eigenvalue weighted by molar-refractivity contribution is 5.32. The van der Waals surface area contributed by atoms with Crippen LogP contribution in [0.25, 0.3) is 0 Å². The second-order valence-electron chi connectivity index (χ2n) is 4.98. The minimum Gasteiger partial charge on any atom is -0.508 e. The van der Waals surface area contributed by atoms with E-state index in [1.165, 1.54) is 6.07 Å². The quantitative estimate of drug-likeness (QED) is 0.870. The molecular formula is C17H20FNO. The predicted molar refractivity (Wildman–Crippen MR) is 79.4 cm³/mol. The first-order chi connectivity index (χ1) is 9.60. The molecule has 0 bridgehead atoms. The van der Waals surface area contributed by atoms with Gasteiger partial charge in [-0.05, 0) is 60.8 Å². The van der Waals surface area contributed by atoms with Crippen molar-refractivity contribution in [2.75, 3.05) is 6.54 Å². The number of aryl methyl sites for hydroxylation is 1. The third-order valence-corrected chi connectivity index (χ3v) is 3.44. The van der Waals surface area contributed by atoms with Gasteiger partial charge >= 0.3 is 0 Å². The Morgan fingerprint density at radius 1 is 1.15 bits per heavy atom. The number of phenols is 1. The molecule has 2 N–H and O–H groups in total. The molecule has 2 aromatic rings. The molecule has 0 heterocycles.